The van der Waals surface area contributed by atoms with Crippen LogP contribution in [0.15, 0.2) is 24.8 Å². The van der Waals surface area contributed by atoms with Crippen molar-refractivity contribution in [2.24, 2.45) is 11.8 Å². The Morgan fingerprint density at radius 2 is 1.60 bits per heavy atom. The summed E-state index contributed by atoms with van der Waals surface area (Å²) in [6.45, 7) is 15.6. The van der Waals surface area contributed by atoms with Crippen molar-refractivity contribution in [2.45, 2.75) is 71.9 Å². The molecule has 1 rings (SSSR count). The summed E-state index contributed by atoms with van der Waals surface area (Å²) >= 11 is 0. The average Bonchev–Trinajstić information content (AvgIpc) is 3.53. The molecule has 0 aromatic heterocycles. The third kappa shape index (κ3) is 17.2. The molecule has 0 spiro atoms. The maximum Gasteiger partial charge on any atom is 0.246 e. The third-order valence-electron chi connectivity index (χ3n) is 7.31. The summed E-state index contributed by atoms with van der Waals surface area (Å²) < 4.78 is 10.7. The number of ether oxygens (including phenoxy) is 2. The van der Waals surface area contributed by atoms with E-state index < -0.39 is 35.7 Å². The molecule has 1 saturated heterocycles. The van der Waals surface area contributed by atoms with Crippen LogP contribution in [0.5, 0.6) is 0 Å². The quantitative estimate of drug-likeness (QED) is 0.0675. The minimum absolute atomic E-state index is 0.0535. The second-order valence-electron chi connectivity index (χ2n) is 12.1. The molecule has 0 bridgehead atoms. The topological polar surface area (TPSA) is 201 Å². The van der Waals surface area contributed by atoms with Crippen molar-refractivity contribution in [3.63, 3.8) is 0 Å². The molecule has 0 saturated carbocycles. The molecule has 48 heavy (non-hydrogen) atoms. The first-order valence-electron chi connectivity index (χ1n) is 16.4. The molecule has 1 fully saturated rings. The zero-order chi connectivity index (χ0) is 36.1. The van der Waals surface area contributed by atoms with Gasteiger partial charge in [-0.2, -0.15) is 0 Å². The Bertz CT molecular complexity index is 1140. The minimum atomic E-state index is -0.829. The lowest BCUT2D eigenvalue weighted by Gasteiger charge is -2.27. The molecule has 1 aliphatic heterocycles. The molecule has 270 valence electrons. The van der Waals surface area contributed by atoms with Crippen LogP contribution < -0.4 is 26.6 Å². The number of hydrogen-bond acceptors (Lipinski definition) is 9. The molecule has 1 heterocycles. The van der Waals surface area contributed by atoms with Crippen molar-refractivity contribution in [1.29, 1.82) is 0 Å². The summed E-state index contributed by atoms with van der Waals surface area (Å²) in [5.41, 5.74) is 0.424. The van der Waals surface area contributed by atoms with Gasteiger partial charge in [-0.25, -0.2) is 0 Å². The van der Waals surface area contributed by atoms with E-state index in [2.05, 4.69) is 39.7 Å². The SMILES string of the molecule is C=CC(=O)N[C@@H](C)C(=O)N1CCC[C@H]1C(=O)NCC(=O)C[C@@H](CC(C)C)C(=O)NCCOCCOCC(=O)NCCCNC(=O)C(=C)C. The van der Waals surface area contributed by atoms with Crippen LogP contribution in [0.25, 0.3) is 0 Å². The van der Waals surface area contributed by atoms with Crippen LogP contribution in [-0.2, 0) is 43.0 Å². The van der Waals surface area contributed by atoms with E-state index in [1.807, 2.05) is 13.8 Å². The molecule has 15 nitrogen and oxygen atoms in total. The van der Waals surface area contributed by atoms with Gasteiger partial charge in [-0.05, 0) is 51.5 Å². The normalized spacial score (nSPS) is 15.2. The second kappa shape index (κ2) is 23.3. The summed E-state index contributed by atoms with van der Waals surface area (Å²) in [5, 5.41) is 13.3. The van der Waals surface area contributed by atoms with Crippen LogP contribution in [0.1, 0.15) is 59.8 Å². The highest BCUT2D eigenvalue weighted by Crippen LogP contribution is 2.19. The number of nitrogens with one attached hydrogen (secondary N) is 5. The highest BCUT2D eigenvalue weighted by atomic mass is 16.5. The number of ketones is 1. The van der Waals surface area contributed by atoms with Crippen LogP contribution in [0.4, 0.5) is 0 Å². The van der Waals surface area contributed by atoms with Gasteiger partial charge >= 0.3 is 0 Å². The number of nitrogens with zero attached hydrogens (tertiary/aromatic N) is 1. The van der Waals surface area contributed by atoms with Gasteiger partial charge in [0.05, 0.1) is 26.4 Å². The van der Waals surface area contributed by atoms with Crippen LogP contribution >= 0.6 is 0 Å². The van der Waals surface area contributed by atoms with Crippen molar-refractivity contribution in [2.75, 3.05) is 59.2 Å². The van der Waals surface area contributed by atoms with Crippen molar-refractivity contribution in [1.82, 2.24) is 31.5 Å². The van der Waals surface area contributed by atoms with Crippen LogP contribution in [0.2, 0.25) is 0 Å². The maximum atomic E-state index is 12.9. The summed E-state index contributed by atoms with van der Waals surface area (Å²) in [4.78, 5) is 87.5. The van der Waals surface area contributed by atoms with Crippen molar-refractivity contribution >= 4 is 41.2 Å². The lowest BCUT2D eigenvalue weighted by molar-refractivity contribution is -0.141. The number of amides is 6. The van der Waals surface area contributed by atoms with E-state index in [4.69, 9.17) is 9.47 Å². The number of rotatable bonds is 24. The smallest absolute Gasteiger partial charge is 0.246 e. The molecule has 1 aliphatic rings. The lowest BCUT2D eigenvalue weighted by Crippen LogP contribution is -2.52. The van der Waals surface area contributed by atoms with E-state index >= 15 is 0 Å². The van der Waals surface area contributed by atoms with Crippen LogP contribution in [-0.4, -0.2) is 117 Å². The molecule has 3 atom stereocenters. The second-order valence-corrected chi connectivity index (χ2v) is 12.1. The van der Waals surface area contributed by atoms with Gasteiger partial charge in [-0.3, -0.25) is 33.6 Å². The highest BCUT2D eigenvalue weighted by molar-refractivity contribution is 5.96. The van der Waals surface area contributed by atoms with E-state index in [9.17, 15) is 33.6 Å². The van der Waals surface area contributed by atoms with Gasteiger partial charge in [-0.15, -0.1) is 0 Å². The minimum Gasteiger partial charge on any atom is -0.377 e. The number of hydrogen-bond donors (Lipinski definition) is 5. The monoisotopic (exact) mass is 678 g/mol. The Labute approximate surface area is 283 Å². The predicted molar refractivity (Wildman–Crippen MR) is 178 cm³/mol. The Morgan fingerprint density at radius 3 is 2.27 bits per heavy atom. The first kappa shape index (κ1) is 41.9. The summed E-state index contributed by atoms with van der Waals surface area (Å²) in [5.74, 6) is -2.87. The van der Waals surface area contributed by atoms with Crippen LogP contribution in [0, 0.1) is 11.8 Å². The Morgan fingerprint density at radius 1 is 0.917 bits per heavy atom. The fourth-order valence-electron chi connectivity index (χ4n) is 4.88. The van der Waals surface area contributed by atoms with Gasteiger partial charge in [0.15, 0.2) is 5.78 Å². The summed E-state index contributed by atoms with van der Waals surface area (Å²) in [6.07, 6.45) is 3.12. The van der Waals surface area contributed by atoms with E-state index in [1.165, 1.54) is 11.8 Å². The zero-order valence-electron chi connectivity index (χ0n) is 28.8. The Hall–Kier alpha value is -4.11. The molecule has 0 radical (unpaired) electrons. The predicted octanol–water partition coefficient (Wildman–Crippen LogP) is -0.246. The molecule has 0 aliphatic carbocycles. The molecule has 0 unspecified atom stereocenters. The summed E-state index contributed by atoms with van der Waals surface area (Å²) in [7, 11) is 0. The largest absolute Gasteiger partial charge is 0.377 e. The van der Waals surface area contributed by atoms with E-state index in [0.717, 1.165) is 6.08 Å². The fraction of sp³-hybridized carbons (Fsp3) is 0.667. The van der Waals surface area contributed by atoms with Gasteiger partial charge < -0.3 is 41.0 Å². The highest BCUT2D eigenvalue weighted by Gasteiger charge is 2.36. The van der Waals surface area contributed by atoms with Crippen molar-refractivity contribution < 1.29 is 43.0 Å². The zero-order valence-corrected chi connectivity index (χ0v) is 28.8. The van der Waals surface area contributed by atoms with E-state index in [1.54, 1.807) is 6.92 Å². The Kier molecular flexibility index (Phi) is 20.3. The van der Waals surface area contributed by atoms with Gasteiger partial charge in [0, 0.05) is 44.1 Å². The van der Waals surface area contributed by atoms with Crippen molar-refractivity contribution in [3.05, 3.63) is 24.8 Å². The molecule has 0 aromatic carbocycles. The maximum absolute atomic E-state index is 12.9. The average molecular weight is 679 g/mol. The number of Topliss-reactive ketones (excluding diaryl/α,β-unsaturated/α-hetero) is 1. The summed E-state index contributed by atoms with van der Waals surface area (Å²) in [6, 6.07) is -1.58. The molecule has 0 aromatic rings. The standard InChI is InChI=1S/C33H54N6O9/c1-7-28(41)38-24(6)33(46)39-14-8-10-27(39)32(45)37-20-26(40)19-25(18-22(2)3)31(44)36-13-15-47-16-17-48-21-29(42)34-11-9-12-35-30(43)23(4)5/h7,22,24-25,27H,1,4,8-21H2,2-3,5-6H3,(H,34,42)(H,35,43)(H,36,44)(H,37,45)(H,38,41)/t24-,25+,27-/m0/s1. The van der Waals surface area contributed by atoms with Gasteiger partial charge in [0.1, 0.15) is 18.7 Å². The van der Waals surface area contributed by atoms with Crippen molar-refractivity contribution in [3.8, 4) is 0 Å². The number of carbonyl (C=O) groups excluding carboxylic acids is 7. The first-order chi connectivity index (χ1) is 22.8. The lowest BCUT2D eigenvalue weighted by atomic mass is 9.91. The van der Waals surface area contributed by atoms with Gasteiger partial charge in [0.25, 0.3) is 0 Å². The number of likely N-dealkylation sites (tertiary alicyclic amines) is 1. The molecule has 5 N–H and O–H groups in total. The Balaban J connectivity index is 2.33. The number of carbonyl (C=O) groups is 7. The van der Waals surface area contributed by atoms with E-state index in [0.29, 0.717) is 50.9 Å². The third-order valence-corrected chi connectivity index (χ3v) is 7.31. The van der Waals surface area contributed by atoms with Gasteiger partial charge in [-0.1, -0.05) is 27.0 Å². The first-order valence-corrected chi connectivity index (χ1v) is 16.4. The molecule has 6 amide bonds. The molecular formula is C33H54N6O9. The van der Waals surface area contributed by atoms with Crippen LogP contribution in [0.3, 0.4) is 0 Å². The molecule has 15 heteroatoms. The van der Waals surface area contributed by atoms with Gasteiger partial charge in [0.2, 0.25) is 35.4 Å². The fourth-order valence-corrected chi connectivity index (χ4v) is 4.88. The molecular weight excluding hydrogens is 624 g/mol. The van der Waals surface area contributed by atoms with E-state index in [-0.39, 0.29) is 75.4 Å².